The third-order valence-electron chi connectivity index (χ3n) is 6.46. The molecule has 3 atom stereocenters. The van der Waals surface area contributed by atoms with Crippen LogP contribution in [0.15, 0.2) is 34.7 Å². The predicted octanol–water partition coefficient (Wildman–Crippen LogP) is 3.22. The predicted molar refractivity (Wildman–Crippen MR) is 135 cm³/mol. The van der Waals surface area contributed by atoms with Gasteiger partial charge in [0.1, 0.15) is 12.5 Å². The highest BCUT2D eigenvalue weighted by molar-refractivity contribution is 7.99. The summed E-state index contributed by atoms with van der Waals surface area (Å²) in [5.74, 6) is -4.03. The smallest absolute Gasteiger partial charge is 0.336 e. The minimum absolute atomic E-state index is 0.0776. The molecule has 0 aromatic heterocycles. The van der Waals surface area contributed by atoms with E-state index in [1.807, 2.05) is 6.92 Å². The van der Waals surface area contributed by atoms with Crippen LogP contribution in [0.25, 0.3) is 0 Å². The molecule has 0 unspecified atom stereocenters. The number of thioether (sulfide) groups is 1. The second kappa shape index (κ2) is 11.7. The van der Waals surface area contributed by atoms with Crippen LogP contribution in [-0.4, -0.2) is 60.1 Å². The minimum atomic E-state index is -1.11. The van der Waals surface area contributed by atoms with Gasteiger partial charge in [-0.05, 0) is 36.6 Å². The van der Waals surface area contributed by atoms with Gasteiger partial charge in [-0.2, -0.15) is 11.8 Å². The number of Topliss-reactive ketones (excluding diaryl/α,β-unsaturated/α-hetero) is 1. The van der Waals surface area contributed by atoms with Crippen LogP contribution in [-0.2, 0) is 23.9 Å². The Morgan fingerprint density at radius 2 is 2.00 bits per heavy atom. The van der Waals surface area contributed by atoms with E-state index in [0.717, 1.165) is 11.8 Å². The van der Waals surface area contributed by atoms with Gasteiger partial charge in [-0.3, -0.25) is 19.7 Å². The van der Waals surface area contributed by atoms with Gasteiger partial charge in [0.15, 0.2) is 11.5 Å². The summed E-state index contributed by atoms with van der Waals surface area (Å²) in [6.45, 7) is 5.51. The number of nitro groups is 1. The molecule has 1 heterocycles. The monoisotopic (exact) mass is 534 g/mol. The molecule has 2 N–H and O–H groups in total. The standard InChI is InChI=1S/C25H30N2O9S/c1-6-37-8-7-36-25(31)19-13(3)26-15-9-12(2)18(24(30)35-5)23(29)21(15)20(19)14-10-16(27(32)33)22(28)17(11-14)34-4/h10-12,18,20,26,28H,6-9H2,1-5H3/t12-,18+,20-/m1/s1. The van der Waals surface area contributed by atoms with Crippen LogP contribution in [0.3, 0.4) is 0 Å². The molecule has 1 aromatic rings. The Labute approximate surface area is 218 Å². The van der Waals surface area contributed by atoms with E-state index in [9.17, 15) is 29.6 Å². The summed E-state index contributed by atoms with van der Waals surface area (Å²) in [5.41, 5.74) is 0.637. The summed E-state index contributed by atoms with van der Waals surface area (Å²) in [7, 11) is 2.43. The Morgan fingerprint density at radius 3 is 2.59 bits per heavy atom. The molecule has 0 saturated heterocycles. The van der Waals surface area contributed by atoms with Crippen molar-refractivity contribution in [3.63, 3.8) is 0 Å². The van der Waals surface area contributed by atoms with Gasteiger partial charge in [0.05, 0.1) is 24.7 Å². The molecular weight excluding hydrogens is 504 g/mol. The number of nitro benzene ring substituents is 1. The molecule has 12 heteroatoms. The highest BCUT2D eigenvalue weighted by Gasteiger charge is 2.47. The Bertz CT molecular complexity index is 1190. The van der Waals surface area contributed by atoms with E-state index in [4.69, 9.17) is 14.2 Å². The number of rotatable bonds is 9. The third-order valence-corrected chi connectivity index (χ3v) is 7.32. The van der Waals surface area contributed by atoms with Gasteiger partial charge in [0, 0.05) is 34.7 Å². The van der Waals surface area contributed by atoms with Crippen molar-refractivity contribution in [2.75, 3.05) is 32.3 Å². The Kier molecular flexibility index (Phi) is 8.85. The van der Waals surface area contributed by atoms with Crippen molar-refractivity contribution in [3.8, 4) is 11.5 Å². The Hall–Kier alpha value is -3.54. The van der Waals surface area contributed by atoms with Gasteiger partial charge < -0.3 is 24.6 Å². The van der Waals surface area contributed by atoms with Crippen molar-refractivity contribution in [2.24, 2.45) is 11.8 Å². The maximum Gasteiger partial charge on any atom is 0.336 e. The summed E-state index contributed by atoms with van der Waals surface area (Å²) in [4.78, 5) is 50.6. The molecule has 1 aromatic carbocycles. The Balaban J connectivity index is 2.22. The fourth-order valence-electron chi connectivity index (χ4n) is 4.78. The van der Waals surface area contributed by atoms with Gasteiger partial charge in [0.2, 0.25) is 5.75 Å². The van der Waals surface area contributed by atoms with Crippen LogP contribution in [0.5, 0.6) is 11.5 Å². The second-order valence-corrected chi connectivity index (χ2v) is 10.1. The highest BCUT2D eigenvalue weighted by atomic mass is 32.2. The van der Waals surface area contributed by atoms with Crippen molar-refractivity contribution in [2.45, 2.75) is 33.1 Å². The fraction of sp³-hybridized carbons (Fsp3) is 0.480. The average Bonchev–Trinajstić information content (AvgIpc) is 2.85. The van der Waals surface area contributed by atoms with Crippen molar-refractivity contribution in [3.05, 3.63) is 50.4 Å². The SMILES string of the molecule is CCSCCOC(=O)C1=C(C)NC2=C(C(=O)[C@@H](C(=O)OC)[C@H](C)C2)[C@@H]1c1cc(OC)c(O)c([N+](=O)[O-])c1. The summed E-state index contributed by atoms with van der Waals surface area (Å²) in [6, 6.07) is 2.44. The van der Waals surface area contributed by atoms with Crippen LogP contribution >= 0.6 is 11.8 Å². The third kappa shape index (κ3) is 5.43. The van der Waals surface area contributed by atoms with Gasteiger partial charge in [-0.15, -0.1) is 0 Å². The Morgan fingerprint density at radius 1 is 1.30 bits per heavy atom. The molecule has 1 aliphatic heterocycles. The van der Waals surface area contributed by atoms with E-state index in [0.29, 0.717) is 23.6 Å². The first-order chi connectivity index (χ1) is 17.6. The molecule has 0 bridgehead atoms. The van der Waals surface area contributed by atoms with E-state index in [1.165, 1.54) is 20.3 Å². The zero-order valence-corrected chi connectivity index (χ0v) is 22.1. The van der Waals surface area contributed by atoms with Crippen molar-refractivity contribution < 1.29 is 38.6 Å². The number of ketones is 1. The number of aromatic hydroxyl groups is 1. The number of allylic oxidation sites excluding steroid dienone is 3. The van der Waals surface area contributed by atoms with Gasteiger partial charge in [-0.1, -0.05) is 13.8 Å². The van der Waals surface area contributed by atoms with Crippen LogP contribution in [0.4, 0.5) is 5.69 Å². The first-order valence-corrected chi connectivity index (χ1v) is 12.9. The van der Waals surface area contributed by atoms with E-state index < -0.39 is 45.9 Å². The zero-order valence-electron chi connectivity index (χ0n) is 21.3. The number of carbonyl (C=O) groups excluding carboxylic acids is 3. The number of hydrogen-bond donors (Lipinski definition) is 2. The van der Waals surface area contributed by atoms with Crippen molar-refractivity contribution in [1.82, 2.24) is 5.32 Å². The van der Waals surface area contributed by atoms with Crippen molar-refractivity contribution >= 4 is 35.2 Å². The second-order valence-electron chi connectivity index (χ2n) is 8.72. The number of nitrogens with one attached hydrogen (secondary N) is 1. The number of phenolic OH excluding ortho intramolecular Hbond substituents is 1. The number of nitrogens with zero attached hydrogens (tertiary/aromatic N) is 1. The highest BCUT2D eigenvalue weighted by Crippen LogP contribution is 2.48. The molecular formula is C25H30N2O9S. The molecule has 0 saturated carbocycles. The van der Waals surface area contributed by atoms with Crippen LogP contribution in [0, 0.1) is 22.0 Å². The maximum absolute atomic E-state index is 13.8. The summed E-state index contributed by atoms with van der Waals surface area (Å²) < 4.78 is 15.5. The molecule has 11 nitrogen and oxygen atoms in total. The first-order valence-electron chi connectivity index (χ1n) is 11.7. The van der Waals surface area contributed by atoms with Crippen molar-refractivity contribution in [1.29, 1.82) is 0 Å². The van der Waals surface area contributed by atoms with E-state index in [2.05, 4.69) is 5.32 Å². The number of esters is 2. The lowest BCUT2D eigenvalue weighted by atomic mass is 9.69. The number of ether oxygens (including phenoxy) is 3. The quantitative estimate of drug-likeness (QED) is 0.158. The molecule has 3 rings (SSSR count). The molecule has 1 aliphatic carbocycles. The average molecular weight is 535 g/mol. The number of carbonyl (C=O) groups is 3. The molecule has 2 aliphatic rings. The number of dihydropyridines is 1. The van der Waals surface area contributed by atoms with E-state index >= 15 is 0 Å². The topological polar surface area (TPSA) is 154 Å². The van der Waals surface area contributed by atoms with Crippen LogP contribution < -0.4 is 10.1 Å². The lowest BCUT2D eigenvalue weighted by molar-refractivity contribution is -0.386. The van der Waals surface area contributed by atoms with Gasteiger partial charge >= 0.3 is 17.6 Å². The zero-order chi connectivity index (χ0) is 27.4. The molecule has 0 amide bonds. The fourth-order valence-corrected chi connectivity index (χ4v) is 5.26. The summed E-state index contributed by atoms with van der Waals surface area (Å²) in [5, 5.41) is 25.2. The van der Waals surface area contributed by atoms with Crippen LogP contribution in [0.2, 0.25) is 0 Å². The lowest BCUT2D eigenvalue weighted by Crippen LogP contribution is -2.43. The largest absolute Gasteiger partial charge is 0.500 e. The lowest BCUT2D eigenvalue weighted by Gasteiger charge is -2.38. The minimum Gasteiger partial charge on any atom is -0.500 e. The number of hydrogen-bond acceptors (Lipinski definition) is 11. The van der Waals surface area contributed by atoms with E-state index in [1.54, 1.807) is 25.6 Å². The van der Waals surface area contributed by atoms with Gasteiger partial charge in [0.25, 0.3) is 0 Å². The summed E-state index contributed by atoms with van der Waals surface area (Å²) in [6.07, 6.45) is 0.307. The van der Waals surface area contributed by atoms with Crippen LogP contribution in [0.1, 0.15) is 38.7 Å². The number of methoxy groups -OCH3 is 2. The number of benzene rings is 1. The summed E-state index contributed by atoms with van der Waals surface area (Å²) >= 11 is 1.59. The molecule has 0 fully saturated rings. The van der Waals surface area contributed by atoms with Gasteiger partial charge in [-0.25, -0.2) is 4.79 Å². The first kappa shape index (κ1) is 28.0. The normalized spacial score (nSPS) is 21.2. The molecule has 37 heavy (non-hydrogen) atoms. The number of phenols is 1. The molecule has 200 valence electrons. The molecule has 0 radical (unpaired) electrons. The van der Waals surface area contributed by atoms with E-state index in [-0.39, 0.29) is 35.0 Å². The molecule has 0 spiro atoms. The maximum atomic E-state index is 13.8.